The van der Waals surface area contributed by atoms with Crippen LogP contribution in [-0.2, 0) is 11.3 Å². The molecule has 2 N–H and O–H groups in total. The molecule has 2 rings (SSSR count). The lowest BCUT2D eigenvalue weighted by molar-refractivity contribution is 0.140. The molecule has 118 valence electrons. The van der Waals surface area contributed by atoms with Crippen molar-refractivity contribution in [3.05, 3.63) is 69.6 Å². The molecule has 0 aliphatic heterocycles. The molecule has 1 aromatic carbocycles. The Morgan fingerprint density at radius 3 is 2.87 bits per heavy atom. The molecule has 0 radical (unpaired) electrons. The molecule has 0 saturated heterocycles. The van der Waals surface area contributed by atoms with Crippen LogP contribution in [-0.4, -0.2) is 17.6 Å². The predicted molar refractivity (Wildman–Crippen MR) is 87.9 cm³/mol. The van der Waals surface area contributed by atoms with Gasteiger partial charge in [0.1, 0.15) is 6.61 Å². The lowest BCUT2D eigenvalue weighted by atomic mass is 10.2. The third-order valence-corrected chi connectivity index (χ3v) is 3.00. The highest BCUT2D eigenvalue weighted by Crippen LogP contribution is 2.00. The molecule has 1 aromatic heterocycles. The van der Waals surface area contributed by atoms with Crippen molar-refractivity contribution >= 4 is 6.09 Å². The fourth-order valence-electron chi connectivity index (χ4n) is 1.84. The Balaban J connectivity index is 1.71. The molecule has 0 saturated carbocycles. The fourth-order valence-corrected chi connectivity index (χ4v) is 1.84. The second-order valence-electron chi connectivity index (χ2n) is 4.96. The molecule has 2 aromatic rings. The van der Waals surface area contributed by atoms with Gasteiger partial charge in [0.2, 0.25) is 0 Å². The Kier molecular flexibility index (Phi) is 6.01. The second-order valence-corrected chi connectivity index (χ2v) is 4.96. The minimum atomic E-state index is -0.482. The number of ether oxygens (including phenoxy) is 1. The van der Waals surface area contributed by atoms with Crippen molar-refractivity contribution in [3.8, 4) is 11.8 Å². The van der Waals surface area contributed by atoms with E-state index in [1.807, 2.05) is 37.3 Å². The molecule has 5 nitrogen and oxygen atoms in total. The number of aromatic nitrogens is 1. The number of H-pyrrole nitrogens is 1. The number of amides is 1. The molecule has 0 bridgehead atoms. The van der Waals surface area contributed by atoms with Gasteiger partial charge in [-0.3, -0.25) is 4.79 Å². The van der Waals surface area contributed by atoms with E-state index >= 15 is 0 Å². The SMILES string of the molecule is Cc1c[nH]c(=O)c(C#CCCNC(=O)OCc2ccccc2)c1. The van der Waals surface area contributed by atoms with Gasteiger partial charge >= 0.3 is 6.09 Å². The zero-order chi connectivity index (χ0) is 16.5. The standard InChI is InChI=1S/C18H18N2O3/c1-14-11-16(17(21)20-12-14)9-5-6-10-19-18(22)23-13-15-7-3-2-4-8-15/h2-4,7-8,11-12H,6,10,13H2,1H3,(H,19,22)(H,20,21). The van der Waals surface area contributed by atoms with Gasteiger partial charge in [0.25, 0.3) is 5.56 Å². The van der Waals surface area contributed by atoms with E-state index in [0.29, 0.717) is 18.5 Å². The van der Waals surface area contributed by atoms with E-state index in [-0.39, 0.29) is 12.2 Å². The van der Waals surface area contributed by atoms with Crippen LogP contribution in [0, 0.1) is 18.8 Å². The van der Waals surface area contributed by atoms with Crippen LogP contribution in [0.4, 0.5) is 4.79 Å². The lowest BCUT2D eigenvalue weighted by Crippen LogP contribution is -2.24. The van der Waals surface area contributed by atoms with E-state index < -0.39 is 6.09 Å². The molecule has 0 atom stereocenters. The molecule has 0 spiro atoms. The number of benzene rings is 1. The summed E-state index contributed by atoms with van der Waals surface area (Å²) in [6.45, 7) is 2.48. The molecule has 0 aliphatic rings. The van der Waals surface area contributed by atoms with Gasteiger partial charge in [-0.1, -0.05) is 42.2 Å². The largest absolute Gasteiger partial charge is 0.445 e. The molecule has 1 amide bonds. The Bertz CT molecular complexity index is 770. The highest BCUT2D eigenvalue weighted by Gasteiger charge is 2.00. The van der Waals surface area contributed by atoms with Crippen molar-refractivity contribution < 1.29 is 9.53 Å². The molecule has 0 fully saturated rings. The molecule has 5 heteroatoms. The van der Waals surface area contributed by atoms with Crippen LogP contribution >= 0.6 is 0 Å². The third-order valence-electron chi connectivity index (χ3n) is 3.00. The second kappa shape index (κ2) is 8.44. The highest BCUT2D eigenvalue weighted by atomic mass is 16.5. The molecular weight excluding hydrogens is 292 g/mol. The first kappa shape index (κ1) is 16.4. The van der Waals surface area contributed by atoms with E-state index in [0.717, 1.165) is 11.1 Å². The predicted octanol–water partition coefficient (Wildman–Crippen LogP) is 2.35. The van der Waals surface area contributed by atoms with Gasteiger partial charge in [-0.15, -0.1) is 0 Å². The summed E-state index contributed by atoms with van der Waals surface area (Å²) >= 11 is 0. The maximum Gasteiger partial charge on any atom is 0.407 e. The number of rotatable bonds is 4. The smallest absolute Gasteiger partial charge is 0.407 e. The van der Waals surface area contributed by atoms with Crippen molar-refractivity contribution in [2.45, 2.75) is 20.0 Å². The summed E-state index contributed by atoms with van der Waals surface area (Å²) in [5.74, 6) is 5.66. The van der Waals surface area contributed by atoms with E-state index in [1.54, 1.807) is 12.3 Å². The minimum absolute atomic E-state index is 0.210. The van der Waals surface area contributed by atoms with Crippen LogP contribution in [0.2, 0.25) is 0 Å². The normalized spacial score (nSPS) is 9.61. The zero-order valence-corrected chi connectivity index (χ0v) is 12.9. The number of hydrogen-bond donors (Lipinski definition) is 2. The van der Waals surface area contributed by atoms with Crippen LogP contribution in [0.15, 0.2) is 47.4 Å². The average Bonchev–Trinajstić information content (AvgIpc) is 2.56. The van der Waals surface area contributed by atoms with Gasteiger partial charge in [0.15, 0.2) is 0 Å². The van der Waals surface area contributed by atoms with Crippen LogP contribution in [0.5, 0.6) is 0 Å². The first-order chi connectivity index (χ1) is 11.1. The van der Waals surface area contributed by atoms with Gasteiger partial charge in [0.05, 0.1) is 5.56 Å². The Morgan fingerprint density at radius 1 is 1.30 bits per heavy atom. The molecule has 23 heavy (non-hydrogen) atoms. The molecule has 0 unspecified atom stereocenters. The summed E-state index contributed by atoms with van der Waals surface area (Å²) in [5.41, 5.74) is 2.09. The van der Waals surface area contributed by atoms with Crippen LogP contribution in [0.25, 0.3) is 0 Å². The van der Waals surface area contributed by atoms with Crippen molar-refractivity contribution in [1.82, 2.24) is 10.3 Å². The van der Waals surface area contributed by atoms with Crippen molar-refractivity contribution in [3.63, 3.8) is 0 Å². The van der Waals surface area contributed by atoms with Gasteiger partial charge in [-0.25, -0.2) is 4.79 Å². The first-order valence-corrected chi connectivity index (χ1v) is 7.28. The van der Waals surface area contributed by atoms with Crippen LogP contribution < -0.4 is 10.9 Å². The summed E-state index contributed by atoms with van der Waals surface area (Å²) in [5, 5.41) is 2.62. The summed E-state index contributed by atoms with van der Waals surface area (Å²) < 4.78 is 5.07. The van der Waals surface area contributed by atoms with Crippen molar-refractivity contribution in [2.24, 2.45) is 0 Å². The third kappa shape index (κ3) is 5.71. The maximum atomic E-state index is 11.5. The average molecular weight is 310 g/mol. The summed E-state index contributed by atoms with van der Waals surface area (Å²) in [7, 11) is 0. The summed E-state index contributed by atoms with van der Waals surface area (Å²) in [4.78, 5) is 25.6. The Morgan fingerprint density at radius 2 is 2.09 bits per heavy atom. The number of alkyl carbamates (subject to hydrolysis) is 1. The monoisotopic (exact) mass is 310 g/mol. The maximum absolute atomic E-state index is 11.5. The number of carbonyl (C=O) groups excluding carboxylic acids is 1. The van der Waals surface area contributed by atoms with E-state index in [2.05, 4.69) is 22.1 Å². The number of hydrogen-bond acceptors (Lipinski definition) is 3. The number of carbonyl (C=O) groups is 1. The van der Waals surface area contributed by atoms with E-state index in [1.165, 1.54) is 0 Å². The minimum Gasteiger partial charge on any atom is -0.445 e. The van der Waals surface area contributed by atoms with Gasteiger partial charge in [0, 0.05) is 19.2 Å². The Labute approximate surface area is 134 Å². The number of aromatic amines is 1. The van der Waals surface area contributed by atoms with Crippen molar-refractivity contribution in [2.75, 3.05) is 6.54 Å². The van der Waals surface area contributed by atoms with Gasteiger partial charge in [-0.2, -0.15) is 0 Å². The summed E-state index contributed by atoms with van der Waals surface area (Å²) in [6.07, 6.45) is 1.59. The van der Waals surface area contributed by atoms with Gasteiger partial charge in [-0.05, 0) is 24.1 Å². The van der Waals surface area contributed by atoms with Crippen LogP contribution in [0.3, 0.4) is 0 Å². The topological polar surface area (TPSA) is 71.2 Å². The fraction of sp³-hybridized carbons (Fsp3) is 0.222. The van der Waals surface area contributed by atoms with E-state index in [9.17, 15) is 9.59 Å². The zero-order valence-electron chi connectivity index (χ0n) is 12.9. The van der Waals surface area contributed by atoms with Crippen LogP contribution in [0.1, 0.15) is 23.1 Å². The van der Waals surface area contributed by atoms with Gasteiger partial charge < -0.3 is 15.0 Å². The first-order valence-electron chi connectivity index (χ1n) is 7.28. The molecule has 1 heterocycles. The lowest BCUT2D eigenvalue weighted by Gasteiger charge is -2.05. The molecule has 0 aliphatic carbocycles. The number of aryl methyl sites for hydroxylation is 1. The van der Waals surface area contributed by atoms with E-state index in [4.69, 9.17) is 4.74 Å². The number of pyridine rings is 1. The quantitative estimate of drug-likeness (QED) is 0.672. The number of nitrogens with one attached hydrogen (secondary N) is 2. The summed E-state index contributed by atoms with van der Waals surface area (Å²) in [6, 6.07) is 11.2. The highest BCUT2D eigenvalue weighted by molar-refractivity contribution is 5.67. The molecular formula is C18H18N2O3. The Hall–Kier alpha value is -3.00. The van der Waals surface area contributed by atoms with Crippen molar-refractivity contribution in [1.29, 1.82) is 0 Å².